The molecule has 5 rings (SSSR count). The zero-order chi connectivity index (χ0) is 20.1. The van der Waals surface area contributed by atoms with Crippen LogP contribution in [-0.2, 0) is 19.5 Å². The summed E-state index contributed by atoms with van der Waals surface area (Å²) < 4.78 is 0.834. The topological polar surface area (TPSA) is 105 Å². The Balaban J connectivity index is 1.39. The first-order valence-electron chi connectivity index (χ1n) is 9.11. The van der Waals surface area contributed by atoms with Gasteiger partial charge < -0.3 is 5.11 Å². The van der Waals surface area contributed by atoms with E-state index in [0.717, 1.165) is 31.7 Å². The molecule has 1 aromatic carbocycles. The van der Waals surface area contributed by atoms with E-state index in [1.165, 1.54) is 11.3 Å². The minimum atomic E-state index is -1.06. The fourth-order valence-corrected chi connectivity index (χ4v) is 4.93. The van der Waals surface area contributed by atoms with Crippen LogP contribution < -0.4 is 16.5 Å². The Morgan fingerprint density at radius 2 is 1.97 bits per heavy atom. The molecule has 0 fully saturated rings. The molecule has 4 aromatic rings. The second-order valence-corrected chi connectivity index (χ2v) is 8.13. The maximum atomic E-state index is 11.8. The van der Waals surface area contributed by atoms with Crippen molar-refractivity contribution in [1.82, 2.24) is 14.6 Å². The van der Waals surface area contributed by atoms with E-state index in [9.17, 15) is 19.5 Å². The summed E-state index contributed by atoms with van der Waals surface area (Å²) in [5.41, 5.74) is 4.17. The molecule has 2 N–H and O–H groups in total. The highest BCUT2D eigenvalue weighted by Gasteiger charge is 2.29. The van der Waals surface area contributed by atoms with Crippen molar-refractivity contribution in [2.75, 3.05) is 12.0 Å². The number of carbonyl (C=O) groups is 1. The van der Waals surface area contributed by atoms with E-state index in [1.807, 2.05) is 30.3 Å². The molecule has 0 amide bonds. The summed E-state index contributed by atoms with van der Waals surface area (Å²) in [7, 11) is 0. The Hall–Kier alpha value is -3.30. The van der Waals surface area contributed by atoms with Gasteiger partial charge in [-0.1, -0.05) is 24.3 Å². The molecule has 1 aliphatic heterocycles. The van der Waals surface area contributed by atoms with Crippen molar-refractivity contribution in [1.29, 1.82) is 0 Å². The van der Waals surface area contributed by atoms with Crippen molar-refractivity contribution in [2.24, 2.45) is 0 Å². The maximum Gasteiger partial charge on any atom is 0.340 e. The molecule has 0 saturated heterocycles. The molecule has 0 radical (unpaired) electrons. The average Bonchev–Trinajstić information content (AvgIpc) is 3.11. The molecule has 0 atom stereocenters. The van der Waals surface area contributed by atoms with Gasteiger partial charge in [-0.25, -0.2) is 4.79 Å². The number of aromatic nitrogens is 2. The normalized spacial score (nSPS) is 14.3. The van der Waals surface area contributed by atoms with Gasteiger partial charge >= 0.3 is 17.1 Å². The molecule has 29 heavy (non-hydrogen) atoms. The number of para-hydroxylation sites is 1. The van der Waals surface area contributed by atoms with E-state index in [1.54, 1.807) is 0 Å². The van der Waals surface area contributed by atoms with Gasteiger partial charge in [0.1, 0.15) is 5.00 Å². The van der Waals surface area contributed by atoms with E-state index in [2.05, 4.69) is 16.4 Å². The average molecular weight is 408 g/mol. The van der Waals surface area contributed by atoms with Crippen molar-refractivity contribution in [3.05, 3.63) is 78.8 Å². The number of carboxylic acids is 1. The number of nitrogens with zero attached hydrogens (tertiary/aromatic N) is 3. The number of aromatic carboxylic acids is 1. The van der Waals surface area contributed by atoms with Gasteiger partial charge in [-0.15, -0.1) is 11.3 Å². The van der Waals surface area contributed by atoms with Crippen LogP contribution in [0.15, 0.2) is 46.0 Å². The van der Waals surface area contributed by atoms with Crippen LogP contribution in [-0.4, -0.2) is 32.2 Å². The summed E-state index contributed by atoms with van der Waals surface area (Å²) in [6, 6.07) is 12.0. The molecular formula is C20H16N4O4S. The van der Waals surface area contributed by atoms with Crippen molar-refractivity contribution in [2.45, 2.75) is 19.5 Å². The Labute approximate surface area is 168 Å². The number of thiophene rings is 1. The molecule has 4 heterocycles. The standard InChI is InChI=1S/C20H16N4O4S/c25-18-19(26)24(18)22-17-16(20(27)28)13-7-8-23(10-15(13)29-17)9-12-6-5-11-3-1-2-4-14(11)21-12/h1-6,22H,7-10H2,(H,27,28). The van der Waals surface area contributed by atoms with E-state index < -0.39 is 17.1 Å². The van der Waals surface area contributed by atoms with Crippen molar-refractivity contribution in [3.8, 4) is 0 Å². The van der Waals surface area contributed by atoms with Gasteiger partial charge in [0.15, 0.2) is 0 Å². The largest absolute Gasteiger partial charge is 0.478 e. The van der Waals surface area contributed by atoms with Gasteiger partial charge in [0.2, 0.25) is 0 Å². The Morgan fingerprint density at radius 1 is 1.17 bits per heavy atom. The lowest BCUT2D eigenvalue weighted by Crippen LogP contribution is -2.30. The first kappa shape index (κ1) is 17.8. The lowest BCUT2D eigenvalue weighted by molar-refractivity contribution is 0.0696. The van der Waals surface area contributed by atoms with Crippen LogP contribution in [0.3, 0.4) is 0 Å². The third-order valence-corrected chi connectivity index (χ3v) is 6.27. The zero-order valence-corrected chi connectivity index (χ0v) is 16.0. The molecule has 0 spiro atoms. The van der Waals surface area contributed by atoms with E-state index in [0.29, 0.717) is 31.1 Å². The van der Waals surface area contributed by atoms with Crippen molar-refractivity contribution >= 4 is 33.2 Å². The summed E-state index contributed by atoms with van der Waals surface area (Å²) >= 11 is 1.28. The second-order valence-electron chi connectivity index (χ2n) is 7.03. The number of carboxylic acid groups (broad SMARTS) is 1. The number of hydrogen-bond donors (Lipinski definition) is 2. The van der Waals surface area contributed by atoms with Crippen molar-refractivity contribution in [3.63, 3.8) is 0 Å². The lowest BCUT2D eigenvalue weighted by atomic mass is 10.0. The number of pyridine rings is 1. The monoisotopic (exact) mass is 408 g/mol. The van der Waals surface area contributed by atoms with Gasteiger partial charge in [0.25, 0.3) is 0 Å². The molecule has 146 valence electrons. The molecule has 0 saturated carbocycles. The third kappa shape index (κ3) is 3.14. The fraction of sp³-hybridized carbons (Fsp3) is 0.200. The lowest BCUT2D eigenvalue weighted by Gasteiger charge is -2.26. The minimum Gasteiger partial charge on any atom is -0.478 e. The quantitative estimate of drug-likeness (QED) is 0.486. The fourth-order valence-electron chi connectivity index (χ4n) is 3.66. The highest BCUT2D eigenvalue weighted by atomic mass is 32.1. The minimum absolute atomic E-state index is 0.154. The van der Waals surface area contributed by atoms with Crippen LogP contribution >= 0.6 is 11.3 Å². The number of anilines is 1. The third-order valence-electron chi connectivity index (χ3n) is 5.14. The molecule has 0 unspecified atom stereocenters. The Kier molecular flexibility index (Phi) is 4.07. The first-order valence-corrected chi connectivity index (χ1v) is 9.93. The molecule has 0 bridgehead atoms. The number of benzene rings is 1. The summed E-state index contributed by atoms with van der Waals surface area (Å²) in [6.07, 6.45) is 0.588. The van der Waals surface area contributed by atoms with Crippen LogP contribution in [0.5, 0.6) is 0 Å². The van der Waals surface area contributed by atoms with Gasteiger partial charge in [0.05, 0.1) is 16.8 Å². The van der Waals surface area contributed by atoms with Crippen molar-refractivity contribution < 1.29 is 9.90 Å². The van der Waals surface area contributed by atoms with Gasteiger partial charge in [-0.05, 0) is 24.1 Å². The van der Waals surface area contributed by atoms with Gasteiger partial charge in [-0.2, -0.15) is 4.68 Å². The van der Waals surface area contributed by atoms with E-state index in [4.69, 9.17) is 4.98 Å². The predicted octanol–water partition coefficient (Wildman–Crippen LogP) is 1.83. The maximum absolute atomic E-state index is 11.8. The second kappa shape index (κ2) is 6.64. The van der Waals surface area contributed by atoms with Gasteiger partial charge in [-0.3, -0.25) is 24.9 Å². The number of hydrogen-bond acceptors (Lipinski definition) is 7. The molecule has 0 aliphatic carbocycles. The van der Waals surface area contributed by atoms with Crippen LogP contribution in [0.1, 0.15) is 26.5 Å². The highest BCUT2D eigenvalue weighted by Crippen LogP contribution is 2.37. The predicted molar refractivity (Wildman–Crippen MR) is 109 cm³/mol. The van der Waals surface area contributed by atoms with Crippen LogP contribution in [0, 0.1) is 0 Å². The van der Waals surface area contributed by atoms with Crippen LogP contribution in [0.25, 0.3) is 10.9 Å². The molecule has 1 aliphatic rings. The first-order chi connectivity index (χ1) is 14.0. The molecular weight excluding hydrogens is 392 g/mol. The number of nitrogens with one attached hydrogen (secondary N) is 1. The van der Waals surface area contributed by atoms with E-state index >= 15 is 0 Å². The zero-order valence-electron chi connectivity index (χ0n) is 15.2. The van der Waals surface area contributed by atoms with Gasteiger partial charge in [0, 0.05) is 29.9 Å². The Morgan fingerprint density at radius 3 is 2.72 bits per heavy atom. The summed E-state index contributed by atoms with van der Waals surface area (Å²) in [6.45, 7) is 1.97. The van der Waals surface area contributed by atoms with Crippen LogP contribution in [0.4, 0.5) is 5.00 Å². The molecule has 8 nitrogen and oxygen atoms in total. The number of fused-ring (bicyclic) bond motifs is 2. The SMILES string of the molecule is O=C(O)c1c(Nn2c(=O)c2=O)sc2c1CCN(Cc1ccc3ccccc3n1)C2. The Bertz CT molecular complexity index is 1310. The summed E-state index contributed by atoms with van der Waals surface area (Å²) in [4.78, 5) is 42.1. The molecule has 9 heteroatoms. The molecule has 3 aromatic heterocycles. The van der Waals surface area contributed by atoms with E-state index in [-0.39, 0.29) is 5.56 Å². The smallest absolute Gasteiger partial charge is 0.340 e. The highest BCUT2D eigenvalue weighted by molar-refractivity contribution is 7.16. The number of rotatable bonds is 5. The summed E-state index contributed by atoms with van der Waals surface area (Å²) in [5, 5.41) is 11.1. The summed E-state index contributed by atoms with van der Waals surface area (Å²) in [5.74, 6) is -1.06. The van der Waals surface area contributed by atoms with Crippen LogP contribution in [0.2, 0.25) is 0 Å².